The molecule has 2 rings (SSSR count). The normalized spacial score (nSPS) is 15.9. The first-order chi connectivity index (χ1) is 8.33. The molecule has 0 bridgehead atoms. The van der Waals surface area contributed by atoms with Crippen LogP contribution in [0.5, 0.6) is 0 Å². The number of aryl methyl sites for hydroxylation is 2. The molecule has 0 fully saturated rings. The molecule has 0 amide bonds. The van der Waals surface area contributed by atoms with Gasteiger partial charge in [0, 0.05) is 19.8 Å². The van der Waals surface area contributed by atoms with Gasteiger partial charge in [-0.1, -0.05) is 18.2 Å². The Hall–Kier alpha value is -0.900. The summed E-state index contributed by atoms with van der Waals surface area (Å²) in [5, 5.41) is 0. The SMILES string of the molecule is COCCC(Cc1ccc2c(c1)CCC2)NN. The number of hydrogen-bond acceptors (Lipinski definition) is 3. The summed E-state index contributed by atoms with van der Waals surface area (Å²) in [5.74, 6) is 5.57. The highest BCUT2D eigenvalue weighted by Gasteiger charge is 2.13. The number of benzene rings is 1. The van der Waals surface area contributed by atoms with E-state index in [4.69, 9.17) is 10.6 Å². The van der Waals surface area contributed by atoms with E-state index in [9.17, 15) is 0 Å². The van der Waals surface area contributed by atoms with Gasteiger partial charge in [0.25, 0.3) is 0 Å². The van der Waals surface area contributed by atoms with Crippen molar-refractivity contribution in [3.05, 3.63) is 34.9 Å². The molecule has 0 spiro atoms. The molecule has 3 N–H and O–H groups in total. The minimum absolute atomic E-state index is 0.300. The van der Waals surface area contributed by atoms with Crippen LogP contribution in [-0.2, 0) is 24.0 Å². The number of methoxy groups -OCH3 is 1. The van der Waals surface area contributed by atoms with Gasteiger partial charge in [-0.25, -0.2) is 0 Å². The summed E-state index contributed by atoms with van der Waals surface area (Å²) in [4.78, 5) is 0. The Labute approximate surface area is 103 Å². The third-order valence-corrected chi connectivity index (χ3v) is 3.55. The molecule has 1 aromatic rings. The van der Waals surface area contributed by atoms with E-state index in [1.807, 2.05) is 0 Å². The largest absolute Gasteiger partial charge is 0.385 e. The summed E-state index contributed by atoms with van der Waals surface area (Å²) >= 11 is 0. The highest BCUT2D eigenvalue weighted by molar-refractivity contribution is 5.35. The van der Waals surface area contributed by atoms with Crippen LogP contribution in [-0.4, -0.2) is 19.8 Å². The Morgan fingerprint density at radius 2 is 2.18 bits per heavy atom. The molecule has 1 unspecified atom stereocenters. The topological polar surface area (TPSA) is 47.3 Å². The van der Waals surface area contributed by atoms with Gasteiger partial charge in [-0.15, -0.1) is 0 Å². The van der Waals surface area contributed by atoms with Crippen LogP contribution in [0, 0.1) is 0 Å². The fraction of sp³-hybridized carbons (Fsp3) is 0.571. The zero-order valence-electron chi connectivity index (χ0n) is 10.5. The molecule has 0 saturated carbocycles. The lowest BCUT2D eigenvalue weighted by Crippen LogP contribution is -2.37. The molecule has 0 aliphatic heterocycles. The lowest BCUT2D eigenvalue weighted by Gasteiger charge is -2.16. The average molecular weight is 234 g/mol. The number of hydrazine groups is 1. The summed E-state index contributed by atoms with van der Waals surface area (Å²) < 4.78 is 5.09. The van der Waals surface area contributed by atoms with Crippen molar-refractivity contribution in [1.29, 1.82) is 0 Å². The summed E-state index contributed by atoms with van der Waals surface area (Å²) in [6.45, 7) is 0.750. The van der Waals surface area contributed by atoms with Crippen molar-refractivity contribution in [2.45, 2.75) is 38.1 Å². The van der Waals surface area contributed by atoms with Crippen LogP contribution >= 0.6 is 0 Å². The van der Waals surface area contributed by atoms with Gasteiger partial charge in [0.2, 0.25) is 0 Å². The molecular weight excluding hydrogens is 212 g/mol. The van der Waals surface area contributed by atoms with Gasteiger partial charge in [-0.2, -0.15) is 0 Å². The van der Waals surface area contributed by atoms with Crippen LogP contribution < -0.4 is 11.3 Å². The molecule has 1 aliphatic rings. The molecule has 0 saturated heterocycles. The lowest BCUT2D eigenvalue weighted by atomic mass is 10.00. The lowest BCUT2D eigenvalue weighted by molar-refractivity contribution is 0.182. The van der Waals surface area contributed by atoms with Crippen molar-refractivity contribution < 1.29 is 4.74 Å². The van der Waals surface area contributed by atoms with E-state index in [2.05, 4.69) is 23.6 Å². The highest BCUT2D eigenvalue weighted by atomic mass is 16.5. The van der Waals surface area contributed by atoms with Crippen molar-refractivity contribution in [2.24, 2.45) is 5.84 Å². The van der Waals surface area contributed by atoms with Crippen molar-refractivity contribution in [3.8, 4) is 0 Å². The Morgan fingerprint density at radius 1 is 1.35 bits per heavy atom. The van der Waals surface area contributed by atoms with E-state index in [0.29, 0.717) is 6.04 Å². The molecule has 0 radical (unpaired) electrons. The van der Waals surface area contributed by atoms with Gasteiger partial charge in [0.1, 0.15) is 0 Å². The molecule has 1 aliphatic carbocycles. The van der Waals surface area contributed by atoms with E-state index in [-0.39, 0.29) is 0 Å². The summed E-state index contributed by atoms with van der Waals surface area (Å²) in [5.41, 5.74) is 7.32. The van der Waals surface area contributed by atoms with Crippen LogP contribution in [0.2, 0.25) is 0 Å². The van der Waals surface area contributed by atoms with Gasteiger partial charge in [-0.05, 0) is 48.8 Å². The quantitative estimate of drug-likeness (QED) is 0.580. The first-order valence-corrected chi connectivity index (χ1v) is 6.39. The first kappa shape index (κ1) is 12.6. The number of ether oxygens (including phenoxy) is 1. The number of rotatable bonds is 6. The van der Waals surface area contributed by atoms with Crippen LogP contribution in [0.3, 0.4) is 0 Å². The van der Waals surface area contributed by atoms with Crippen molar-refractivity contribution in [2.75, 3.05) is 13.7 Å². The van der Waals surface area contributed by atoms with E-state index < -0.39 is 0 Å². The smallest absolute Gasteiger partial charge is 0.0477 e. The maximum absolute atomic E-state index is 5.57. The second-order valence-corrected chi connectivity index (χ2v) is 4.81. The molecule has 94 valence electrons. The Morgan fingerprint density at radius 3 is 2.94 bits per heavy atom. The Bertz CT molecular complexity index is 365. The van der Waals surface area contributed by atoms with Crippen molar-refractivity contribution in [1.82, 2.24) is 5.43 Å². The van der Waals surface area contributed by atoms with Crippen LogP contribution in [0.25, 0.3) is 0 Å². The monoisotopic (exact) mass is 234 g/mol. The van der Waals surface area contributed by atoms with Gasteiger partial charge < -0.3 is 4.74 Å². The predicted octanol–water partition coefficient (Wildman–Crippen LogP) is 1.59. The second kappa shape index (κ2) is 6.15. The highest BCUT2D eigenvalue weighted by Crippen LogP contribution is 2.23. The van der Waals surface area contributed by atoms with Gasteiger partial charge in [0.05, 0.1) is 0 Å². The Balaban J connectivity index is 1.97. The maximum Gasteiger partial charge on any atom is 0.0477 e. The van der Waals surface area contributed by atoms with E-state index in [1.165, 1.54) is 36.0 Å². The second-order valence-electron chi connectivity index (χ2n) is 4.81. The molecular formula is C14H22N2O. The van der Waals surface area contributed by atoms with Gasteiger partial charge in [0.15, 0.2) is 0 Å². The number of nitrogens with two attached hydrogens (primary N) is 1. The molecule has 1 aromatic carbocycles. The fourth-order valence-corrected chi connectivity index (χ4v) is 2.54. The van der Waals surface area contributed by atoms with E-state index >= 15 is 0 Å². The Kier molecular flexibility index (Phi) is 4.54. The minimum Gasteiger partial charge on any atom is -0.385 e. The third kappa shape index (κ3) is 3.28. The van der Waals surface area contributed by atoms with Crippen LogP contribution in [0.1, 0.15) is 29.5 Å². The van der Waals surface area contributed by atoms with Crippen molar-refractivity contribution >= 4 is 0 Å². The number of fused-ring (bicyclic) bond motifs is 1. The van der Waals surface area contributed by atoms with Gasteiger partial charge in [-0.3, -0.25) is 11.3 Å². The molecule has 3 heteroatoms. The summed E-state index contributed by atoms with van der Waals surface area (Å²) in [6.07, 6.45) is 5.72. The first-order valence-electron chi connectivity index (χ1n) is 6.39. The zero-order valence-corrected chi connectivity index (χ0v) is 10.5. The molecule has 0 aromatic heterocycles. The summed E-state index contributed by atoms with van der Waals surface area (Å²) in [7, 11) is 1.73. The fourth-order valence-electron chi connectivity index (χ4n) is 2.54. The minimum atomic E-state index is 0.300. The maximum atomic E-state index is 5.57. The standard InChI is InChI=1S/C14H22N2O/c1-17-8-7-14(16-15)10-11-5-6-12-3-2-4-13(12)9-11/h5-6,9,14,16H,2-4,7-8,10,15H2,1H3. The van der Waals surface area contributed by atoms with Crippen molar-refractivity contribution in [3.63, 3.8) is 0 Å². The molecule has 3 nitrogen and oxygen atoms in total. The molecule has 17 heavy (non-hydrogen) atoms. The van der Waals surface area contributed by atoms with Crippen LogP contribution in [0.4, 0.5) is 0 Å². The zero-order chi connectivity index (χ0) is 12.1. The predicted molar refractivity (Wildman–Crippen MR) is 69.8 cm³/mol. The summed E-state index contributed by atoms with van der Waals surface area (Å²) in [6, 6.07) is 7.16. The average Bonchev–Trinajstić information content (AvgIpc) is 2.81. The van der Waals surface area contributed by atoms with Gasteiger partial charge >= 0.3 is 0 Å². The number of nitrogens with one attached hydrogen (secondary N) is 1. The molecule has 1 atom stereocenters. The van der Waals surface area contributed by atoms with Crippen LogP contribution in [0.15, 0.2) is 18.2 Å². The third-order valence-electron chi connectivity index (χ3n) is 3.55. The number of hydrogen-bond donors (Lipinski definition) is 2. The molecule has 0 heterocycles. The van der Waals surface area contributed by atoms with E-state index in [1.54, 1.807) is 7.11 Å². The van der Waals surface area contributed by atoms with E-state index in [0.717, 1.165) is 19.4 Å².